The Bertz CT molecular complexity index is 264. The van der Waals surface area contributed by atoms with E-state index in [2.05, 4.69) is 6.58 Å². The molecule has 1 atom stereocenters. The molecule has 1 aliphatic rings. The highest BCUT2D eigenvalue weighted by Gasteiger charge is 2.54. The van der Waals surface area contributed by atoms with Crippen LogP contribution in [0.1, 0.15) is 20.3 Å². The van der Waals surface area contributed by atoms with Gasteiger partial charge in [-0.05, 0) is 12.3 Å². The van der Waals surface area contributed by atoms with Gasteiger partial charge in [0.25, 0.3) is 0 Å². The number of hydrogen-bond donors (Lipinski definition) is 0. The normalized spacial score (nSPS) is 21.6. The number of allylic oxidation sites excluding steroid dienone is 1. The summed E-state index contributed by atoms with van der Waals surface area (Å²) in [5.41, 5.74) is -0.223. The molecule has 0 aromatic heterocycles. The van der Waals surface area contributed by atoms with Crippen LogP contribution in [0.25, 0.3) is 0 Å². The largest absolute Gasteiger partial charge is 0.465 e. The summed E-state index contributed by atoms with van der Waals surface area (Å²) in [4.78, 5) is 21.4. The van der Waals surface area contributed by atoms with E-state index >= 15 is 0 Å². The molecule has 1 unspecified atom stereocenters. The highest BCUT2D eigenvalue weighted by Crippen LogP contribution is 2.53. The second-order valence-corrected chi connectivity index (χ2v) is 3.97. The molecule has 0 aromatic carbocycles. The summed E-state index contributed by atoms with van der Waals surface area (Å²) in [6, 6.07) is 0. The van der Waals surface area contributed by atoms with Gasteiger partial charge in [-0.2, -0.15) is 0 Å². The van der Waals surface area contributed by atoms with Crippen molar-refractivity contribution in [3.63, 3.8) is 0 Å². The lowest BCUT2D eigenvalue weighted by atomic mass is 10.1. The van der Waals surface area contributed by atoms with Gasteiger partial charge in [-0.1, -0.05) is 6.08 Å². The Morgan fingerprint density at radius 1 is 1.33 bits per heavy atom. The third-order valence-electron chi connectivity index (χ3n) is 2.66. The minimum Gasteiger partial charge on any atom is -0.465 e. The predicted molar refractivity (Wildman–Crippen MR) is 54.0 cm³/mol. The monoisotopic (exact) mass is 212 g/mol. The number of hydrogen-bond acceptors (Lipinski definition) is 4. The number of ether oxygens (including phenoxy) is 2. The van der Waals surface area contributed by atoms with Crippen molar-refractivity contribution in [3.8, 4) is 0 Å². The summed E-state index contributed by atoms with van der Waals surface area (Å²) in [5, 5.41) is 0. The molecule has 84 valence electrons. The quantitative estimate of drug-likeness (QED) is 0.509. The highest BCUT2D eigenvalue weighted by atomic mass is 16.5. The third-order valence-corrected chi connectivity index (χ3v) is 2.66. The average molecular weight is 212 g/mol. The number of carbonyl (C=O) groups is 2. The molecule has 0 radical (unpaired) electrons. The van der Waals surface area contributed by atoms with E-state index < -0.39 is 0 Å². The summed E-state index contributed by atoms with van der Waals surface area (Å²) in [6.07, 6.45) is 2.67. The molecule has 1 fully saturated rings. The zero-order valence-corrected chi connectivity index (χ0v) is 9.12. The molecule has 0 amide bonds. The van der Waals surface area contributed by atoms with Crippen molar-refractivity contribution in [2.45, 2.75) is 20.3 Å². The molecule has 0 aromatic rings. The summed E-state index contributed by atoms with van der Waals surface area (Å²) < 4.78 is 9.91. The van der Waals surface area contributed by atoms with E-state index in [0.717, 1.165) is 6.42 Å². The zero-order chi connectivity index (χ0) is 11.5. The van der Waals surface area contributed by atoms with Gasteiger partial charge in [0.1, 0.15) is 13.2 Å². The van der Waals surface area contributed by atoms with Gasteiger partial charge in [0, 0.05) is 19.3 Å². The zero-order valence-electron chi connectivity index (χ0n) is 9.12. The van der Waals surface area contributed by atoms with E-state index in [9.17, 15) is 9.59 Å². The standard InChI is InChI=1S/C11H16O4/c1-4-10-5-11(10,6-14-8(2)12)7-15-9(3)13/h4,10H,1,5-7H2,2-3H3. The second-order valence-electron chi connectivity index (χ2n) is 3.97. The smallest absolute Gasteiger partial charge is 0.302 e. The molecule has 0 heterocycles. The fraction of sp³-hybridized carbons (Fsp3) is 0.636. The molecule has 0 spiro atoms. The van der Waals surface area contributed by atoms with Crippen LogP contribution in [0.3, 0.4) is 0 Å². The number of rotatable bonds is 5. The van der Waals surface area contributed by atoms with Crippen molar-refractivity contribution in [3.05, 3.63) is 12.7 Å². The molecule has 0 aliphatic heterocycles. The first-order valence-electron chi connectivity index (χ1n) is 4.89. The maximum Gasteiger partial charge on any atom is 0.302 e. The minimum atomic E-state index is -0.313. The lowest BCUT2D eigenvalue weighted by Crippen LogP contribution is -2.22. The van der Waals surface area contributed by atoms with Crippen molar-refractivity contribution < 1.29 is 19.1 Å². The molecule has 1 aliphatic carbocycles. The average Bonchev–Trinajstić information content (AvgIpc) is 2.86. The molecular formula is C11H16O4. The minimum absolute atomic E-state index is 0.223. The summed E-state index contributed by atoms with van der Waals surface area (Å²) in [5.74, 6) is -0.352. The van der Waals surface area contributed by atoms with Crippen LogP contribution in [0, 0.1) is 11.3 Å². The maximum absolute atomic E-state index is 10.7. The molecule has 4 nitrogen and oxygen atoms in total. The topological polar surface area (TPSA) is 52.6 Å². The Balaban J connectivity index is 2.45. The van der Waals surface area contributed by atoms with Gasteiger partial charge in [0.05, 0.1) is 0 Å². The Labute approximate surface area is 89.2 Å². The van der Waals surface area contributed by atoms with E-state index in [4.69, 9.17) is 9.47 Å². The van der Waals surface area contributed by atoms with Gasteiger partial charge in [-0.25, -0.2) is 0 Å². The molecule has 0 N–H and O–H groups in total. The van der Waals surface area contributed by atoms with Crippen molar-refractivity contribution in [2.75, 3.05) is 13.2 Å². The molecular weight excluding hydrogens is 196 g/mol. The third kappa shape index (κ3) is 3.08. The van der Waals surface area contributed by atoms with Crippen LogP contribution in [0.4, 0.5) is 0 Å². The van der Waals surface area contributed by atoms with Gasteiger partial charge < -0.3 is 9.47 Å². The van der Waals surface area contributed by atoms with E-state index in [0.29, 0.717) is 13.2 Å². The van der Waals surface area contributed by atoms with Gasteiger partial charge in [0.15, 0.2) is 0 Å². The van der Waals surface area contributed by atoms with Crippen LogP contribution in [-0.2, 0) is 19.1 Å². The van der Waals surface area contributed by atoms with E-state index in [-0.39, 0.29) is 23.3 Å². The molecule has 4 heteroatoms. The Hall–Kier alpha value is -1.32. The van der Waals surface area contributed by atoms with Crippen molar-refractivity contribution in [1.82, 2.24) is 0 Å². The van der Waals surface area contributed by atoms with Crippen LogP contribution in [0.15, 0.2) is 12.7 Å². The van der Waals surface area contributed by atoms with Crippen LogP contribution in [-0.4, -0.2) is 25.2 Å². The van der Waals surface area contributed by atoms with Gasteiger partial charge in [-0.15, -0.1) is 6.58 Å². The van der Waals surface area contributed by atoms with Crippen LogP contribution < -0.4 is 0 Å². The lowest BCUT2D eigenvalue weighted by molar-refractivity contribution is -0.147. The van der Waals surface area contributed by atoms with E-state index in [1.807, 2.05) is 6.08 Å². The van der Waals surface area contributed by atoms with Gasteiger partial charge in [-0.3, -0.25) is 9.59 Å². The summed E-state index contributed by atoms with van der Waals surface area (Å²) >= 11 is 0. The van der Waals surface area contributed by atoms with Crippen molar-refractivity contribution in [1.29, 1.82) is 0 Å². The van der Waals surface area contributed by atoms with Gasteiger partial charge in [0.2, 0.25) is 0 Å². The molecule has 0 saturated heterocycles. The summed E-state index contributed by atoms with van der Waals surface area (Å²) in [7, 11) is 0. The predicted octanol–water partition coefficient (Wildman–Crippen LogP) is 1.30. The van der Waals surface area contributed by atoms with Crippen LogP contribution in [0.2, 0.25) is 0 Å². The lowest BCUT2D eigenvalue weighted by Gasteiger charge is -2.15. The molecule has 1 rings (SSSR count). The Kier molecular flexibility index (Phi) is 3.50. The van der Waals surface area contributed by atoms with Crippen LogP contribution >= 0.6 is 0 Å². The summed E-state index contributed by atoms with van der Waals surface area (Å²) in [6.45, 7) is 7.02. The van der Waals surface area contributed by atoms with Crippen LogP contribution in [0.5, 0.6) is 0 Å². The Morgan fingerprint density at radius 3 is 2.07 bits per heavy atom. The SMILES string of the molecule is C=CC1CC1(COC(C)=O)COC(C)=O. The fourth-order valence-corrected chi connectivity index (χ4v) is 1.58. The molecule has 15 heavy (non-hydrogen) atoms. The van der Waals surface area contributed by atoms with Crippen molar-refractivity contribution >= 4 is 11.9 Å². The molecule has 0 bridgehead atoms. The fourth-order valence-electron chi connectivity index (χ4n) is 1.58. The Morgan fingerprint density at radius 2 is 1.80 bits per heavy atom. The van der Waals surface area contributed by atoms with E-state index in [1.165, 1.54) is 13.8 Å². The van der Waals surface area contributed by atoms with E-state index in [1.54, 1.807) is 0 Å². The maximum atomic E-state index is 10.7. The highest BCUT2D eigenvalue weighted by molar-refractivity contribution is 5.66. The first-order valence-corrected chi connectivity index (χ1v) is 4.89. The molecule has 1 saturated carbocycles. The number of esters is 2. The number of carbonyl (C=O) groups excluding carboxylic acids is 2. The van der Waals surface area contributed by atoms with Gasteiger partial charge >= 0.3 is 11.9 Å². The second kappa shape index (κ2) is 4.47. The van der Waals surface area contributed by atoms with Crippen molar-refractivity contribution in [2.24, 2.45) is 11.3 Å². The first-order chi connectivity index (χ1) is 7.00. The first kappa shape index (κ1) is 11.8.